The molecule has 0 radical (unpaired) electrons. The standard InChI is InChI=1S/C28H27ClN2S/c1-31(26-12-3-2-4-13-26)28-14-8-7-10-23(28)20-30-19-22-9-5-6-11-24(22)21-32-27-17-15-25(29)16-18-27/h2-18,30H,19-21H2,1H3. The van der Waals surface area contributed by atoms with Gasteiger partial charge in [0.25, 0.3) is 0 Å². The molecule has 0 bridgehead atoms. The Morgan fingerprint density at radius 3 is 2.03 bits per heavy atom. The summed E-state index contributed by atoms with van der Waals surface area (Å²) in [5.41, 5.74) is 6.38. The zero-order chi connectivity index (χ0) is 22.2. The van der Waals surface area contributed by atoms with E-state index < -0.39 is 0 Å². The average molecular weight is 459 g/mol. The summed E-state index contributed by atoms with van der Waals surface area (Å²) in [7, 11) is 2.12. The summed E-state index contributed by atoms with van der Waals surface area (Å²) >= 11 is 7.84. The van der Waals surface area contributed by atoms with E-state index in [0.29, 0.717) is 0 Å². The summed E-state index contributed by atoms with van der Waals surface area (Å²) in [6, 6.07) is 35.8. The minimum absolute atomic E-state index is 0.775. The molecule has 1 N–H and O–H groups in total. The van der Waals surface area contributed by atoms with Crippen LogP contribution in [0.5, 0.6) is 0 Å². The molecule has 4 aromatic carbocycles. The van der Waals surface area contributed by atoms with Gasteiger partial charge < -0.3 is 10.2 Å². The highest BCUT2D eigenvalue weighted by Crippen LogP contribution is 2.28. The van der Waals surface area contributed by atoms with Crippen LogP contribution < -0.4 is 10.2 Å². The van der Waals surface area contributed by atoms with E-state index in [-0.39, 0.29) is 0 Å². The van der Waals surface area contributed by atoms with E-state index in [9.17, 15) is 0 Å². The molecule has 0 atom stereocenters. The van der Waals surface area contributed by atoms with Gasteiger partial charge in [-0.2, -0.15) is 0 Å². The number of anilines is 2. The molecule has 4 aromatic rings. The normalized spacial score (nSPS) is 10.8. The minimum atomic E-state index is 0.775. The van der Waals surface area contributed by atoms with E-state index in [0.717, 1.165) is 23.9 Å². The first kappa shape index (κ1) is 22.5. The van der Waals surface area contributed by atoms with Crippen molar-refractivity contribution in [3.63, 3.8) is 0 Å². The van der Waals surface area contributed by atoms with Crippen molar-refractivity contribution in [1.82, 2.24) is 5.32 Å². The van der Waals surface area contributed by atoms with Gasteiger partial charge in [0.1, 0.15) is 0 Å². The molecule has 0 aliphatic heterocycles. The van der Waals surface area contributed by atoms with Crippen LogP contribution in [0.15, 0.2) is 108 Å². The molecule has 0 saturated heterocycles. The van der Waals surface area contributed by atoms with Crippen LogP contribution in [0.25, 0.3) is 0 Å². The Morgan fingerprint density at radius 2 is 1.28 bits per heavy atom. The zero-order valence-corrected chi connectivity index (χ0v) is 19.7. The summed E-state index contributed by atoms with van der Waals surface area (Å²) in [5, 5.41) is 4.43. The van der Waals surface area contributed by atoms with Gasteiger partial charge in [0.05, 0.1) is 0 Å². The molecule has 0 spiro atoms. The zero-order valence-electron chi connectivity index (χ0n) is 18.2. The molecular weight excluding hydrogens is 432 g/mol. The van der Waals surface area contributed by atoms with Gasteiger partial charge in [-0.15, -0.1) is 11.8 Å². The van der Waals surface area contributed by atoms with Gasteiger partial charge in [0.2, 0.25) is 0 Å². The van der Waals surface area contributed by atoms with Crippen LogP contribution >= 0.6 is 23.4 Å². The third-order valence-electron chi connectivity index (χ3n) is 5.45. The van der Waals surface area contributed by atoms with Crippen LogP contribution in [0.1, 0.15) is 16.7 Å². The number of para-hydroxylation sites is 2. The average Bonchev–Trinajstić information content (AvgIpc) is 2.85. The van der Waals surface area contributed by atoms with Crippen molar-refractivity contribution < 1.29 is 0 Å². The highest BCUT2D eigenvalue weighted by molar-refractivity contribution is 7.98. The van der Waals surface area contributed by atoms with E-state index in [1.807, 2.05) is 30.0 Å². The number of nitrogens with one attached hydrogen (secondary N) is 1. The van der Waals surface area contributed by atoms with E-state index in [1.54, 1.807) is 0 Å². The number of benzene rings is 4. The van der Waals surface area contributed by atoms with Gasteiger partial charge in [-0.05, 0) is 59.2 Å². The molecule has 0 aliphatic rings. The van der Waals surface area contributed by atoms with Gasteiger partial charge in [-0.25, -0.2) is 0 Å². The number of nitrogens with zero attached hydrogens (tertiary/aromatic N) is 1. The van der Waals surface area contributed by atoms with Crippen LogP contribution in [0.3, 0.4) is 0 Å². The number of hydrogen-bond donors (Lipinski definition) is 1. The maximum absolute atomic E-state index is 6.01. The maximum atomic E-state index is 6.01. The molecule has 0 unspecified atom stereocenters. The largest absolute Gasteiger partial charge is 0.344 e. The molecule has 0 fully saturated rings. The first-order valence-corrected chi connectivity index (χ1v) is 12.1. The number of rotatable bonds is 9. The molecule has 2 nitrogen and oxygen atoms in total. The van der Waals surface area contributed by atoms with Crippen molar-refractivity contribution in [3.8, 4) is 0 Å². The van der Waals surface area contributed by atoms with Crippen LogP contribution in [0.4, 0.5) is 11.4 Å². The molecule has 32 heavy (non-hydrogen) atoms. The topological polar surface area (TPSA) is 15.3 Å². The number of thioether (sulfide) groups is 1. The maximum Gasteiger partial charge on any atom is 0.0453 e. The molecule has 0 aromatic heterocycles. The third kappa shape index (κ3) is 5.95. The number of halogens is 1. The van der Waals surface area contributed by atoms with Crippen molar-refractivity contribution in [1.29, 1.82) is 0 Å². The monoisotopic (exact) mass is 458 g/mol. The van der Waals surface area contributed by atoms with Crippen LogP contribution in [0, 0.1) is 0 Å². The predicted octanol–water partition coefficient (Wildman–Crippen LogP) is 7.69. The highest BCUT2D eigenvalue weighted by Gasteiger charge is 2.09. The Kier molecular flexibility index (Phi) is 7.89. The van der Waals surface area contributed by atoms with Gasteiger partial charge in [0, 0.05) is 47.2 Å². The fourth-order valence-electron chi connectivity index (χ4n) is 3.67. The quantitative estimate of drug-likeness (QED) is 0.259. The third-order valence-corrected chi connectivity index (χ3v) is 6.77. The van der Waals surface area contributed by atoms with Crippen LogP contribution in [0.2, 0.25) is 5.02 Å². The number of hydrogen-bond acceptors (Lipinski definition) is 3. The Hall–Kier alpha value is -2.72. The Morgan fingerprint density at radius 1 is 0.688 bits per heavy atom. The van der Waals surface area contributed by atoms with E-state index >= 15 is 0 Å². The van der Waals surface area contributed by atoms with E-state index in [2.05, 4.69) is 102 Å². The Balaban J connectivity index is 1.40. The van der Waals surface area contributed by atoms with Crippen molar-refractivity contribution >= 4 is 34.7 Å². The summed E-state index contributed by atoms with van der Waals surface area (Å²) in [6.07, 6.45) is 0. The molecular formula is C28H27ClN2S. The minimum Gasteiger partial charge on any atom is -0.344 e. The smallest absolute Gasteiger partial charge is 0.0453 e. The Labute approximate surface area is 200 Å². The summed E-state index contributed by atoms with van der Waals surface area (Å²) in [4.78, 5) is 3.48. The summed E-state index contributed by atoms with van der Waals surface area (Å²) < 4.78 is 0. The lowest BCUT2D eigenvalue weighted by molar-refractivity contribution is 0.690. The molecule has 0 amide bonds. The van der Waals surface area contributed by atoms with E-state index in [4.69, 9.17) is 11.6 Å². The molecule has 4 rings (SSSR count). The fourth-order valence-corrected chi connectivity index (χ4v) is 4.73. The van der Waals surface area contributed by atoms with Gasteiger partial charge in [-0.3, -0.25) is 0 Å². The first-order chi connectivity index (χ1) is 15.7. The van der Waals surface area contributed by atoms with Crippen LogP contribution in [-0.2, 0) is 18.8 Å². The van der Waals surface area contributed by atoms with Crippen molar-refractivity contribution in [3.05, 3.63) is 125 Å². The summed E-state index contributed by atoms with van der Waals surface area (Å²) in [5.74, 6) is 0.937. The van der Waals surface area contributed by atoms with Gasteiger partial charge >= 0.3 is 0 Å². The first-order valence-electron chi connectivity index (χ1n) is 10.7. The second-order valence-electron chi connectivity index (χ2n) is 7.64. The molecule has 4 heteroatoms. The lowest BCUT2D eigenvalue weighted by atomic mass is 10.1. The second kappa shape index (κ2) is 11.2. The molecule has 0 saturated carbocycles. The highest BCUT2D eigenvalue weighted by atomic mass is 35.5. The van der Waals surface area contributed by atoms with Crippen LogP contribution in [-0.4, -0.2) is 7.05 Å². The van der Waals surface area contributed by atoms with Gasteiger partial charge in [0.15, 0.2) is 0 Å². The van der Waals surface area contributed by atoms with Crippen molar-refractivity contribution in [2.75, 3.05) is 11.9 Å². The van der Waals surface area contributed by atoms with Crippen molar-refractivity contribution in [2.45, 2.75) is 23.7 Å². The van der Waals surface area contributed by atoms with E-state index in [1.165, 1.54) is 33.0 Å². The fraction of sp³-hybridized carbons (Fsp3) is 0.143. The lowest BCUT2D eigenvalue weighted by Crippen LogP contribution is -2.17. The summed E-state index contributed by atoms with van der Waals surface area (Å²) in [6.45, 7) is 1.65. The van der Waals surface area contributed by atoms with Gasteiger partial charge in [-0.1, -0.05) is 72.3 Å². The molecule has 0 heterocycles. The predicted molar refractivity (Wildman–Crippen MR) is 139 cm³/mol. The van der Waals surface area contributed by atoms with Crippen molar-refractivity contribution in [2.24, 2.45) is 0 Å². The Bertz CT molecular complexity index is 1130. The SMILES string of the molecule is CN(c1ccccc1)c1ccccc1CNCc1ccccc1CSc1ccc(Cl)cc1. The molecule has 0 aliphatic carbocycles. The molecule has 162 valence electrons. The second-order valence-corrected chi connectivity index (χ2v) is 9.12. The lowest BCUT2D eigenvalue weighted by Gasteiger charge is -2.23.